The predicted molar refractivity (Wildman–Crippen MR) is 67.2 cm³/mol. The molecule has 1 saturated heterocycles. The maximum Gasteiger partial charge on any atom is 0.490 e. The van der Waals surface area contributed by atoms with Crippen molar-refractivity contribution in [2.75, 3.05) is 0 Å². The van der Waals surface area contributed by atoms with Crippen LogP contribution in [0.5, 0.6) is 0 Å². The molecule has 0 saturated carbocycles. The van der Waals surface area contributed by atoms with Gasteiger partial charge in [0.05, 0.1) is 11.2 Å². The summed E-state index contributed by atoms with van der Waals surface area (Å²) in [6, 6.07) is 0. The fourth-order valence-corrected chi connectivity index (χ4v) is 1.95. The quantitative estimate of drug-likeness (QED) is 0.631. The molecule has 1 heterocycles. The Kier molecular flexibility index (Phi) is 2.79. The first kappa shape index (κ1) is 11.9. The maximum absolute atomic E-state index is 6.02. The van der Waals surface area contributed by atoms with Crippen molar-refractivity contribution in [3.05, 3.63) is 23.2 Å². The molecule has 16 heavy (non-hydrogen) atoms. The van der Waals surface area contributed by atoms with Gasteiger partial charge < -0.3 is 9.31 Å². The van der Waals surface area contributed by atoms with Gasteiger partial charge in [-0.2, -0.15) is 0 Å². The third kappa shape index (κ3) is 1.98. The zero-order chi connectivity index (χ0) is 12.0. The highest BCUT2D eigenvalue weighted by atomic mass is 16.7. The number of hydrogen-bond acceptors (Lipinski definition) is 2. The van der Waals surface area contributed by atoms with E-state index in [2.05, 4.69) is 46.8 Å². The van der Waals surface area contributed by atoms with Crippen LogP contribution in [-0.2, 0) is 9.31 Å². The van der Waals surface area contributed by atoms with Crippen molar-refractivity contribution in [1.29, 1.82) is 0 Å². The Morgan fingerprint density at radius 2 is 1.56 bits per heavy atom. The van der Waals surface area contributed by atoms with E-state index < -0.39 is 0 Å². The summed E-state index contributed by atoms with van der Waals surface area (Å²) >= 11 is 0. The molecule has 0 atom stereocenters. The number of hydrogen-bond donors (Lipinski definition) is 0. The molecule has 1 aliphatic carbocycles. The van der Waals surface area contributed by atoms with E-state index in [0.717, 1.165) is 12.8 Å². The molecule has 1 aliphatic heterocycles. The smallest absolute Gasteiger partial charge is 0.400 e. The topological polar surface area (TPSA) is 18.5 Å². The molecular weight excluding hydrogens is 199 g/mol. The Bertz CT molecular complexity index is 337. The van der Waals surface area contributed by atoms with E-state index >= 15 is 0 Å². The minimum atomic E-state index is -0.227. The van der Waals surface area contributed by atoms with Crippen LogP contribution in [0.2, 0.25) is 0 Å². The first-order valence-corrected chi connectivity index (χ1v) is 6.04. The molecule has 3 heteroatoms. The van der Waals surface area contributed by atoms with Gasteiger partial charge in [-0.05, 0) is 52.9 Å². The summed E-state index contributed by atoms with van der Waals surface area (Å²) in [6.07, 6.45) is 6.50. The van der Waals surface area contributed by atoms with Gasteiger partial charge in [0.25, 0.3) is 0 Å². The lowest BCUT2D eigenvalue weighted by atomic mass is 9.73. The summed E-state index contributed by atoms with van der Waals surface area (Å²) < 4.78 is 12.0. The fourth-order valence-electron chi connectivity index (χ4n) is 1.95. The first-order valence-electron chi connectivity index (χ1n) is 6.04. The average Bonchev–Trinajstić information content (AvgIpc) is 2.37. The Balaban J connectivity index is 2.15. The Labute approximate surface area is 98.8 Å². The summed E-state index contributed by atoms with van der Waals surface area (Å²) in [6.45, 7) is 10.5. The summed E-state index contributed by atoms with van der Waals surface area (Å²) in [5.74, 6) is 0. The normalized spacial score (nSPS) is 27.7. The summed E-state index contributed by atoms with van der Waals surface area (Å²) in [5.41, 5.74) is 2.24. The Hall–Kier alpha value is -0.535. The van der Waals surface area contributed by atoms with Crippen molar-refractivity contribution in [3.8, 4) is 0 Å². The van der Waals surface area contributed by atoms with Crippen LogP contribution in [0.15, 0.2) is 23.2 Å². The molecule has 0 aromatic rings. The van der Waals surface area contributed by atoms with Crippen molar-refractivity contribution in [1.82, 2.24) is 0 Å². The summed E-state index contributed by atoms with van der Waals surface area (Å²) in [7, 11) is -0.158. The molecule has 0 aromatic carbocycles. The molecule has 0 spiro atoms. The summed E-state index contributed by atoms with van der Waals surface area (Å²) in [4.78, 5) is 0. The van der Waals surface area contributed by atoms with Crippen LogP contribution in [-0.4, -0.2) is 18.3 Å². The second-order valence-corrected chi connectivity index (χ2v) is 5.84. The van der Waals surface area contributed by atoms with E-state index in [1.807, 2.05) is 0 Å². The molecule has 2 nitrogen and oxygen atoms in total. The van der Waals surface area contributed by atoms with Crippen molar-refractivity contribution in [3.63, 3.8) is 0 Å². The standard InChI is InChI=1S/C13H21BO2/c1-10-6-8-11(9-7-10)14-15-12(2,3)13(4,5)16-14/h6,8H,7,9H2,1-5H3. The van der Waals surface area contributed by atoms with Gasteiger partial charge >= 0.3 is 7.12 Å². The van der Waals surface area contributed by atoms with E-state index in [1.54, 1.807) is 0 Å². The van der Waals surface area contributed by atoms with Crippen LogP contribution in [0.1, 0.15) is 47.5 Å². The van der Waals surface area contributed by atoms with Gasteiger partial charge in [-0.15, -0.1) is 0 Å². The lowest BCUT2D eigenvalue weighted by Gasteiger charge is -2.32. The van der Waals surface area contributed by atoms with Crippen LogP contribution in [0.25, 0.3) is 0 Å². The Morgan fingerprint density at radius 3 is 2.00 bits per heavy atom. The highest BCUT2D eigenvalue weighted by Gasteiger charge is 2.52. The molecular formula is C13H21BO2. The van der Waals surface area contributed by atoms with Crippen molar-refractivity contribution in [2.45, 2.75) is 58.7 Å². The second kappa shape index (κ2) is 3.74. The van der Waals surface area contributed by atoms with E-state index in [0.29, 0.717) is 0 Å². The molecule has 1 fully saturated rings. The van der Waals surface area contributed by atoms with Crippen molar-refractivity contribution < 1.29 is 9.31 Å². The predicted octanol–water partition coefficient (Wildman–Crippen LogP) is 3.28. The third-order valence-electron chi connectivity index (χ3n) is 3.95. The largest absolute Gasteiger partial charge is 0.490 e. The molecule has 0 unspecified atom stereocenters. The number of allylic oxidation sites excluding steroid dienone is 4. The van der Waals surface area contributed by atoms with Gasteiger partial charge in [-0.3, -0.25) is 0 Å². The van der Waals surface area contributed by atoms with Crippen molar-refractivity contribution in [2.24, 2.45) is 0 Å². The maximum atomic E-state index is 6.02. The fraction of sp³-hybridized carbons (Fsp3) is 0.692. The minimum Gasteiger partial charge on any atom is -0.400 e. The van der Waals surface area contributed by atoms with Crippen LogP contribution in [0.4, 0.5) is 0 Å². The van der Waals surface area contributed by atoms with Gasteiger partial charge in [0, 0.05) is 0 Å². The number of rotatable bonds is 1. The highest BCUT2D eigenvalue weighted by molar-refractivity contribution is 6.54. The van der Waals surface area contributed by atoms with E-state index in [-0.39, 0.29) is 18.3 Å². The summed E-state index contributed by atoms with van der Waals surface area (Å²) in [5, 5.41) is 0. The van der Waals surface area contributed by atoms with E-state index in [1.165, 1.54) is 11.0 Å². The van der Waals surface area contributed by atoms with Gasteiger partial charge in [0.2, 0.25) is 0 Å². The van der Waals surface area contributed by atoms with Crippen LogP contribution in [0.3, 0.4) is 0 Å². The zero-order valence-electron chi connectivity index (χ0n) is 11.0. The van der Waals surface area contributed by atoms with Crippen molar-refractivity contribution >= 4 is 7.12 Å². The van der Waals surface area contributed by atoms with Gasteiger partial charge in [-0.25, -0.2) is 0 Å². The molecule has 2 aliphatic rings. The van der Waals surface area contributed by atoms with E-state index in [9.17, 15) is 0 Å². The molecule has 0 bridgehead atoms. The molecule has 88 valence electrons. The SMILES string of the molecule is CC1=CC=C(B2OC(C)(C)C(C)(C)O2)CC1. The van der Waals surface area contributed by atoms with Gasteiger partial charge in [-0.1, -0.05) is 17.7 Å². The average molecular weight is 220 g/mol. The highest BCUT2D eigenvalue weighted by Crippen LogP contribution is 2.39. The molecule has 0 aromatic heterocycles. The minimum absolute atomic E-state index is 0.158. The molecule has 0 amide bonds. The van der Waals surface area contributed by atoms with Crippen LogP contribution < -0.4 is 0 Å². The lowest BCUT2D eigenvalue weighted by Crippen LogP contribution is -2.41. The zero-order valence-corrected chi connectivity index (χ0v) is 11.0. The Morgan fingerprint density at radius 1 is 1.00 bits per heavy atom. The van der Waals surface area contributed by atoms with Gasteiger partial charge in [0.15, 0.2) is 0 Å². The van der Waals surface area contributed by atoms with E-state index in [4.69, 9.17) is 9.31 Å². The van der Waals surface area contributed by atoms with Crippen LogP contribution >= 0.6 is 0 Å². The third-order valence-corrected chi connectivity index (χ3v) is 3.95. The monoisotopic (exact) mass is 220 g/mol. The first-order chi connectivity index (χ1) is 7.32. The molecule has 0 N–H and O–H groups in total. The molecule has 0 radical (unpaired) electrons. The lowest BCUT2D eigenvalue weighted by molar-refractivity contribution is 0.00578. The molecule has 2 rings (SSSR count). The van der Waals surface area contributed by atoms with Gasteiger partial charge in [0.1, 0.15) is 0 Å². The second-order valence-electron chi connectivity index (χ2n) is 5.84. The van der Waals surface area contributed by atoms with Crippen LogP contribution in [0, 0.1) is 0 Å².